The van der Waals surface area contributed by atoms with Crippen LogP contribution >= 0.6 is 0 Å². The van der Waals surface area contributed by atoms with Crippen molar-refractivity contribution in [2.24, 2.45) is 0 Å². The van der Waals surface area contributed by atoms with E-state index in [2.05, 4.69) is 5.32 Å². The maximum absolute atomic E-state index is 13.3. The Morgan fingerprint density at radius 2 is 1.62 bits per heavy atom. The summed E-state index contributed by atoms with van der Waals surface area (Å²) in [5.74, 6) is -0.345. The van der Waals surface area contributed by atoms with Gasteiger partial charge in [0.15, 0.2) is 0 Å². The number of carbonyl (C=O) groups is 2. The highest BCUT2D eigenvalue weighted by molar-refractivity contribution is 7.89. The number of carbonyl (C=O) groups excluding carboxylic acids is 2. The number of aryl methyl sites for hydroxylation is 1. The number of sulfonamides is 1. The van der Waals surface area contributed by atoms with Crippen molar-refractivity contribution in [2.45, 2.75) is 70.5 Å². The van der Waals surface area contributed by atoms with Crippen LogP contribution in [-0.2, 0) is 26.2 Å². The van der Waals surface area contributed by atoms with Crippen molar-refractivity contribution in [2.75, 3.05) is 13.6 Å². The Morgan fingerprint density at radius 3 is 2.21 bits per heavy atom. The van der Waals surface area contributed by atoms with Crippen molar-refractivity contribution in [1.82, 2.24) is 14.5 Å². The third-order valence-electron chi connectivity index (χ3n) is 5.73. The monoisotopic (exact) mass is 487 g/mol. The van der Waals surface area contributed by atoms with Crippen LogP contribution in [-0.4, -0.2) is 55.1 Å². The molecule has 0 bridgehead atoms. The van der Waals surface area contributed by atoms with E-state index in [0.717, 1.165) is 11.1 Å². The third kappa shape index (κ3) is 7.40. The summed E-state index contributed by atoms with van der Waals surface area (Å²) in [7, 11) is -2.10. The van der Waals surface area contributed by atoms with Crippen LogP contribution in [0.5, 0.6) is 0 Å². The highest BCUT2D eigenvalue weighted by Crippen LogP contribution is 2.18. The minimum Gasteiger partial charge on any atom is -0.352 e. The summed E-state index contributed by atoms with van der Waals surface area (Å²) in [4.78, 5) is 28.1. The van der Waals surface area contributed by atoms with E-state index in [0.29, 0.717) is 19.4 Å². The fourth-order valence-electron chi connectivity index (χ4n) is 3.76. The molecule has 0 radical (unpaired) electrons. The first-order valence-corrected chi connectivity index (χ1v) is 13.2. The molecule has 2 aromatic carbocycles. The predicted octanol–water partition coefficient (Wildman–Crippen LogP) is 3.73. The number of benzene rings is 2. The van der Waals surface area contributed by atoms with Gasteiger partial charge in [-0.2, -0.15) is 0 Å². The molecule has 0 unspecified atom stereocenters. The molecule has 34 heavy (non-hydrogen) atoms. The molecule has 1 N–H and O–H groups in total. The van der Waals surface area contributed by atoms with Crippen molar-refractivity contribution < 1.29 is 18.0 Å². The van der Waals surface area contributed by atoms with E-state index < -0.39 is 16.1 Å². The van der Waals surface area contributed by atoms with Crippen molar-refractivity contribution in [1.29, 1.82) is 0 Å². The zero-order valence-corrected chi connectivity index (χ0v) is 21.6. The molecule has 186 valence electrons. The van der Waals surface area contributed by atoms with Crippen molar-refractivity contribution in [3.63, 3.8) is 0 Å². The molecule has 0 saturated heterocycles. The topological polar surface area (TPSA) is 86.8 Å². The SMILES string of the molecule is CC[C@H](C(=O)NC(C)C)N(Cc1ccccc1C)C(=O)CCCN(C)S(=O)(=O)c1ccccc1. The van der Waals surface area contributed by atoms with Gasteiger partial charge in [-0.05, 0) is 56.9 Å². The first-order chi connectivity index (χ1) is 16.1. The highest BCUT2D eigenvalue weighted by atomic mass is 32.2. The Kier molecular flexibility index (Phi) is 10.3. The number of nitrogens with one attached hydrogen (secondary N) is 1. The maximum Gasteiger partial charge on any atom is 0.243 e. The van der Waals surface area contributed by atoms with Gasteiger partial charge in [0.1, 0.15) is 6.04 Å². The molecule has 0 saturated carbocycles. The normalized spacial score (nSPS) is 12.6. The van der Waals surface area contributed by atoms with Gasteiger partial charge in [0.2, 0.25) is 21.8 Å². The molecule has 7 nitrogen and oxygen atoms in total. The molecule has 0 aliphatic carbocycles. The molecule has 0 aliphatic heterocycles. The lowest BCUT2D eigenvalue weighted by atomic mass is 10.0. The Labute approximate surface area is 204 Å². The van der Waals surface area contributed by atoms with E-state index in [-0.39, 0.29) is 35.7 Å². The van der Waals surface area contributed by atoms with Crippen LogP contribution in [0, 0.1) is 6.92 Å². The Balaban J connectivity index is 2.14. The minimum atomic E-state index is -3.61. The molecule has 0 heterocycles. The van der Waals surface area contributed by atoms with Crippen LogP contribution in [0.1, 0.15) is 51.2 Å². The summed E-state index contributed by atoms with van der Waals surface area (Å²) in [6, 6.07) is 15.4. The van der Waals surface area contributed by atoms with Crippen LogP contribution in [0.3, 0.4) is 0 Å². The van der Waals surface area contributed by atoms with Gasteiger partial charge in [-0.15, -0.1) is 0 Å². The quantitative estimate of drug-likeness (QED) is 0.494. The second-order valence-electron chi connectivity index (χ2n) is 8.78. The molecular formula is C26H37N3O4S. The maximum atomic E-state index is 13.3. The van der Waals surface area contributed by atoms with Gasteiger partial charge >= 0.3 is 0 Å². The van der Waals surface area contributed by atoms with Crippen LogP contribution in [0.2, 0.25) is 0 Å². The number of rotatable bonds is 12. The van der Waals surface area contributed by atoms with Crippen LogP contribution < -0.4 is 5.32 Å². The van der Waals surface area contributed by atoms with E-state index >= 15 is 0 Å². The zero-order chi connectivity index (χ0) is 25.3. The molecule has 0 aromatic heterocycles. The fraction of sp³-hybridized carbons (Fsp3) is 0.462. The first kappa shape index (κ1) is 27.5. The van der Waals surface area contributed by atoms with Crippen LogP contribution in [0.25, 0.3) is 0 Å². The Hall–Kier alpha value is -2.71. The lowest BCUT2D eigenvalue weighted by molar-refractivity contribution is -0.141. The van der Waals surface area contributed by atoms with Crippen molar-refractivity contribution >= 4 is 21.8 Å². The summed E-state index contributed by atoms with van der Waals surface area (Å²) < 4.78 is 26.8. The summed E-state index contributed by atoms with van der Waals surface area (Å²) in [5, 5.41) is 2.92. The van der Waals surface area contributed by atoms with Gasteiger partial charge in [-0.3, -0.25) is 9.59 Å². The zero-order valence-electron chi connectivity index (χ0n) is 20.8. The molecule has 0 fully saturated rings. The molecule has 2 rings (SSSR count). The predicted molar refractivity (Wildman–Crippen MR) is 135 cm³/mol. The van der Waals surface area contributed by atoms with Gasteiger partial charge < -0.3 is 10.2 Å². The standard InChI is InChI=1S/C26H37N3O4S/c1-6-24(26(31)27-20(2)3)29(19-22-14-11-10-13-21(22)4)25(30)17-12-18-28(5)34(32,33)23-15-8-7-9-16-23/h7-11,13-16,20,24H,6,12,17-19H2,1-5H3,(H,27,31)/t24-/m1/s1. The molecule has 2 aromatic rings. The van der Waals surface area contributed by atoms with Crippen molar-refractivity contribution in [3.05, 3.63) is 65.7 Å². The molecule has 0 spiro atoms. The molecule has 0 aliphatic rings. The largest absolute Gasteiger partial charge is 0.352 e. The lowest BCUT2D eigenvalue weighted by Crippen LogP contribution is -2.50. The molecule has 1 atom stereocenters. The van der Waals surface area contributed by atoms with Gasteiger partial charge in [0, 0.05) is 32.6 Å². The highest BCUT2D eigenvalue weighted by Gasteiger charge is 2.29. The summed E-state index contributed by atoms with van der Waals surface area (Å²) in [5.41, 5.74) is 2.03. The van der Waals surface area contributed by atoms with Crippen molar-refractivity contribution in [3.8, 4) is 0 Å². The number of hydrogen-bond donors (Lipinski definition) is 1. The van der Waals surface area contributed by atoms with Gasteiger partial charge in [-0.1, -0.05) is 49.4 Å². The van der Waals surface area contributed by atoms with Gasteiger partial charge in [-0.25, -0.2) is 12.7 Å². The fourth-order valence-corrected chi connectivity index (χ4v) is 4.99. The lowest BCUT2D eigenvalue weighted by Gasteiger charge is -2.32. The Bertz CT molecular complexity index is 1050. The number of amides is 2. The average Bonchev–Trinajstić information content (AvgIpc) is 2.80. The third-order valence-corrected chi connectivity index (χ3v) is 7.60. The van der Waals surface area contributed by atoms with Crippen LogP contribution in [0.4, 0.5) is 0 Å². The summed E-state index contributed by atoms with van der Waals surface area (Å²) in [6.45, 7) is 8.19. The van der Waals surface area contributed by atoms with Gasteiger partial charge in [0.05, 0.1) is 4.90 Å². The minimum absolute atomic E-state index is 0.0335. The van der Waals surface area contributed by atoms with E-state index in [4.69, 9.17) is 0 Å². The second-order valence-corrected chi connectivity index (χ2v) is 10.8. The van der Waals surface area contributed by atoms with E-state index in [9.17, 15) is 18.0 Å². The molecular weight excluding hydrogens is 450 g/mol. The van der Waals surface area contributed by atoms with E-state index in [1.165, 1.54) is 11.4 Å². The summed E-state index contributed by atoms with van der Waals surface area (Å²) >= 11 is 0. The average molecular weight is 488 g/mol. The Morgan fingerprint density at radius 1 is 1.00 bits per heavy atom. The first-order valence-electron chi connectivity index (χ1n) is 11.7. The number of nitrogens with zero attached hydrogens (tertiary/aromatic N) is 2. The van der Waals surface area contributed by atoms with E-state index in [1.54, 1.807) is 35.2 Å². The molecule has 2 amide bonds. The summed E-state index contributed by atoms with van der Waals surface area (Å²) in [6.07, 6.45) is 0.984. The second kappa shape index (κ2) is 12.7. The van der Waals surface area contributed by atoms with E-state index in [1.807, 2.05) is 52.0 Å². The molecule has 8 heteroatoms. The van der Waals surface area contributed by atoms with Gasteiger partial charge in [0.25, 0.3) is 0 Å². The van der Waals surface area contributed by atoms with Crippen LogP contribution in [0.15, 0.2) is 59.5 Å². The smallest absolute Gasteiger partial charge is 0.243 e. The number of hydrogen-bond acceptors (Lipinski definition) is 4.